The highest BCUT2D eigenvalue weighted by Crippen LogP contribution is 2.24. The molecule has 1 rings (SSSR count). The first kappa shape index (κ1) is 10.0. The van der Waals surface area contributed by atoms with Gasteiger partial charge >= 0.3 is 0 Å². The SMILES string of the molecule is Cc1ccc(O)c(F)c1CC(C)C. The van der Waals surface area contributed by atoms with Crippen molar-refractivity contribution in [1.29, 1.82) is 0 Å². The average Bonchev–Trinajstić information content (AvgIpc) is 2.05. The van der Waals surface area contributed by atoms with Crippen molar-refractivity contribution >= 4 is 0 Å². The van der Waals surface area contributed by atoms with Crippen molar-refractivity contribution in [2.24, 2.45) is 5.92 Å². The quantitative estimate of drug-likeness (QED) is 0.745. The summed E-state index contributed by atoms with van der Waals surface area (Å²) in [5.74, 6) is -0.315. The molecule has 0 aliphatic rings. The molecule has 2 heteroatoms. The lowest BCUT2D eigenvalue weighted by Crippen LogP contribution is -2.00. The molecule has 0 bridgehead atoms. The fourth-order valence-corrected chi connectivity index (χ4v) is 1.36. The zero-order chi connectivity index (χ0) is 10.0. The Balaban J connectivity index is 3.10. The van der Waals surface area contributed by atoms with E-state index in [1.165, 1.54) is 6.07 Å². The zero-order valence-electron chi connectivity index (χ0n) is 8.26. The van der Waals surface area contributed by atoms with Crippen LogP contribution in [0.2, 0.25) is 0 Å². The van der Waals surface area contributed by atoms with E-state index in [9.17, 15) is 4.39 Å². The molecule has 0 saturated heterocycles. The Hall–Kier alpha value is -1.05. The first-order valence-electron chi connectivity index (χ1n) is 4.49. The topological polar surface area (TPSA) is 20.2 Å². The fraction of sp³-hybridized carbons (Fsp3) is 0.455. The highest BCUT2D eigenvalue weighted by Gasteiger charge is 2.11. The molecule has 0 radical (unpaired) electrons. The number of benzene rings is 1. The Morgan fingerprint density at radius 3 is 2.54 bits per heavy atom. The average molecular weight is 182 g/mol. The third-order valence-corrected chi connectivity index (χ3v) is 2.07. The van der Waals surface area contributed by atoms with E-state index in [0.717, 1.165) is 5.56 Å². The Kier molecular flexibility index (Phi) is 2.91. The molecule has 1 nitrogen and oxygen atoms in total. The number of aryl methyl sites for hydroxylation is 1. The predicted octanol–water partition coefficient (Wildman–Crippen LogP) is 3.04. The van der Waals surface area contributed by atoms with Crippen LogP contribution in [0.5, 0.6) is 5.75 Å². The third kappa shape index (κ3) is 2.20. The number of hydrogen-bond acceptors (Lipinski definition) is 1. The molecule has 0 aromatic heterocycles. The zero-order valence-corrected chi connectivity index (χ0v) is 8.26. The van der Waals surface area contributed by atoms with E-state index in [0.29, 0.717) is 17.9 Å². The van der Waals surface area contributed by atoms with E-state index >= 15 is 0 Å². The minimum Gasteiger partial charge on any atom is -0.505 e. The van der Waals surface area contributed by atoms with Gasteiger partial charge in [0.15, 0.2) is 11.6 Å². The van der Waals surface area contributed by atoms with Crippen LogP contribution in [0, 0.1) is 18.7 Å². The molecule has 0 saturated carbocycles. The standard InChI is InChI=1S/C11H15FO/c1-7(2)6-9-8(3)4-5-10(13)11(9)12/h4-5,7,13H,6H2,1-3H3. The molecule has 0 atom stereocenters. The van der Waals surface area contributed by atoms with Gasteiger partial charge in [0.05, 0.1) is 0 Å². The third-order valence-electron chi connectivity index (χ3n) is 2.07. The summed E-state index contributed by atoms with van der Waals surface area (Å²) in [6.45, 7) is 5.92. The van der Waals surface area contributed by atoms with Crippen LogP contribution in [0.3, 0.4) is 0 Å². The molecule has 0 spiro atoms. The van der Waals surface area contributed by atoms with Gasteiger partial charge in [-0.1, -0.05) is 19.9 Å². The van der Waals surface area contributed by atoms with E-state index in [-0.39, 0.29) is 5.75 Å². The first-order chi connectivity index (χ1) is 6.02. The fourth-order valence-electron chi connectivity index (χ4n) is 1.36. The van der Waals surface area contributed by atoms with Crippen LogP contribution in [0.4, 0.5) is 4.39 Å². The van der Waals surface area contributed by atoms with Crippen molar-refractivity contribution in [2.75, 3.05) is 0 Å². The number of rotatable bonds is 2. The molecule has 0 heterocycles. The van der Waals surface area contributed by atoms with Crippen LogP contribution in [0.15, 0.2) is 12.1 Å². The van der Waals surface area contributed by atoms with Crippen molar-refractivity contribution in [3.63, 3.8) is 0 Å². The van der Waals surface area contributed by atoms with Gasteiger partial charge in [-0.05, 0) is 36.5 Å². The highest BCUT2D eigenvalue weighted by molar-refractivity contribution is 5.36. The summed E-state index contributed by atoms with van der Waals surface area (Å²) in [6.07, 6.45) is 0.673. The number of halogens is 1. The molecular formula is C11H15FO. The van der Waals surface area contributed by atoms with Crippen LogP contribution in [0.1, 0.15) is 25.0 Å². The van der Waals surface area contributed by atoms with Crippen LogP contribution in [0.25, 0.3) is 0 Å². The lowest BCUT2D eigenvalue weighted by Gasteiger charge is -2.10. The van der Waals surface area contributed by atoms with Crippen LogP contribution in [-0.4, -0.2) is 5.11 Å². The van der Waals surface area contributed by atoms with Gasteiger partial charge in [-0.15, -0.1) is 0 Å². The Labute approximate surface area is 78.2 Å². The lowest BCUT2D eigenvalue weighted by molar-refractivity contribution is 0.425. The molecule has 0 aliphatic heterocycles. The Bertz CT molecular complexity index is 305. The van der Waals surface area contributed by atoms with Gasteiger partial charge in [0.2, 0.25) is 0 Å². The summed E-state index contributed by atoms with van der Waals surface area (Å²) >= 11 is 0. The van der Waals surface area contributed by atoms with Gasteiger partial charge in [0.1, 0.15) is 0 Å². The second kappa shape index (κ2) is 3.77. The largest absolute Gasteiger partial charge is 0.505 e. The normalized spacial score (nSPS) is 10.8. The maximum Gasteiger partial charge on any atom is 0.168 e. The summed E-state index contributed by atoms with van der Waals surface area (Å²) in [5, 5.41) is 9.16. The van der Waals surface area contributed by atoms with Gasteiger partial charge in [0.25, 0.3) is 0 Å². The Morgan fingerprint density at radius 2 is 2.00 bits per heavy atom. The minimum atomic E-state index is -0.464. The summed E-state index contributed by atoms with van der Waals surface area (Å²) < 4.78 is 13.4. The minimum absolute atomic E-state index is 0.249. The van der Waals surface area contributed by atoms with Crippen molar-refractivity contribution < 1.29 is 9.50 Å². The highest BCUT2D eigenvalue weighted by atomic mass is 19.1. The summed E-state index contributed by atoms with van der Waals surface area (Å²) in [7, 11) is 0. The number of hydrogen-bond donors (Lipinski definition) is 1. The second-order valence-electron chi connectivity index (χ2n) is 3.79. The molecule has 1 aromatic carbocycles. The Morgan fingerprint density at radius 1 is 1.38 bits per heavy atom. The van der Waals surface area contributed by atoms with Gasteiger partial charge in [0, 0.05) is 0 Å². The van der Waals surface area contributed by atoms with Gasteiger partial charge < -0.3 is 5.11 Å². The molecule has 0 fully saturated rings. The van der Waals surface area contributed by atoms with E-state index in [2.05, 4.69) is 0 Å². The van der Waals surface area contributed by atoms with E-state index < -0.39 is 5.82 Å². The summed E-state index contributed by atoms with van der Waals surface area (Å²) in [5.41, 5.74) is 1.54. The second-order valence-corrected chi connectivity index (χ2v) is 3.79. The smallest absolute Gasteiger partial charge is 0.168 e. The number of phenolic OH excluding ortho intramolecular Hbond substituents is 1. The van der Waals surface area contributed by atoms with Crippen molar-refractivity contribution in [3.8, 4) is 5.75 Å². The number of phenols is 1. The molecule has 1 N–H and O–H groups in total. The monoisotopic (exact) mass is 182 g/mol. The van der Waals surface area contributed by atoms with Crippen molar-refractivity contribution in [2.45, 2.75) is 27.2 Å². The predicted molar refractivity (Wildman–Crippen MR) is 51.3 cm³/mol. The molecule has 0 unspecified atom stereocenters. The van der Waals surface area contributed by atoms with Gasteiger partial charge in [-0.3, -0.25) is 0 Å². The molecule has 1 aromatic rings. The van der Waals surface area contributed by atoms with Gasteiger partial charge in [-0.25, -0.2) is 4.39 Å². The first-order valence-corrected chi connectivity index (χ1v) is 4.49. The van der Waals surface area contributed by atoms with E-state index in [1.807, 2.05) is 20.8 Å². The van der Waals surface area contributed by atoms with E-state index in [1.54, 1.807) is 6.07 Å². The van der Waals surface area contributed by atoms with Crippen LogP contribution >= 0.6 is 0 Å². The maximum absolute atomic E-state index is 13.4. The van der Waals surface area contributed by atoms with Crippen molar-refractivity contribution in [1.82, 2.24) is 0 Å². The summed E-state index contributed by atoms with van der Waals surface area (Å²) in [4.78, 5) is 0. The van der Waals surface area contributed by atoms with E-state index in [4.69, 9.17) is 5.11 Å². The molecule has 72 valence electrons. The molecule has 0 amide bonds. The van der Waals surface area contributed by atoms with Crippen molar-refractivity contribution in [3.05, 3.63) is 29.1 Å². The van der Waals surface area contributed by atoms with Gasteiger partial charge in [-0.2, -0.15) is 0 Å². The number of aromatic hydroxyl groups is 1. The van der Waals surface area contributed by atoms with Crippen LogP contribution < -0.4 is 0 Å². The molecule has 0 aliphatic carbocycles. The maximum atomic E-state index is 13.4. The lowest BCUT2D eigenvalue weighted by atomic mass is 9.98. The molecule has 13 heavy (non-hydrogen) atoms. The molecular weight excluding hydrogens is 167 g/mol. The summed E-state index contributed by atoms with van der Waals surface area (Å²) in [6, 6.07) is 3.14. The van der Waals surface area contributed by atoms with Crippen LogP contribution in [-0.2, 0) is 6.42 Å².